The number of benzene rings is 2. The second-order valence-electron chi connectivity index (χ2n) is 6.26. The van der Waals surface area contributed by atoms with E-state index in [0.717, 1.165) is 23.7 Å². The summed E-state index contributed by atoms with van der Waals surface area (Å²) in [5.74, 6) is -0.297. The highest BCUT2D eigenvalue weighted by Gasteiger charge is 2.27. The van der Waals surface area contributed by atoms with Gasteiger partial charge in [0.1, 0.15) is 0 Å². The molecule has 0 atom stereocenters. The molecule has 0 aliphatic carbocycles. The minimum absolute atomic E-state index is 0.217. The van der Waals surface area contributed by atoms with Crippen LogP contribution in [0.5, 0.6) is 0 Å². The van der Waals surface area contributed by atoms with E-state index in [9.17, 15) is 13.2 Å². The third kappa shape index (κ3) is 3.09. The van der Waals surface area contributed by atoms with Gasteiger partial charge in [0, 0.05) is 29.7 Å². The summed E-state index contributed by atoms with van der Waals surface area (Å²) in [5, 5.41) is 10.6. The number of carbonyl (C=O) groups excluding carboxylic acids is 1. The van der Waals surface area contributed by atoms with Crippen molar-refractivity contribution in [3.63, 3.8) is 0 Å². The molecule has 1 aromatic heterocycles. The lowest BCUT2D eigenvalue weighted by atomic mass is 10.2. The number of nitrogens with one attached hydrogen (secondary N) is 2. The van der Waals surface area contributed by atoms with Crippen molar-refractivity contribution in [3.8, 4) is 0 Å². The van der Waals surface area contributed by atoms with E-state index in [1.165, 1.54) is 28.6 Å². The van der Waals surface area contributed by atoms with Crippen molar-refractivity contribution >= 4 is 32.5 Å². The highest BCUT2D eigenvalue weighted by Crippen LogP contribution is 2.22. The van der Waals surface area contributed by atoms with E-state index in [-0.39, 0.29) is 10.8 Å². The summed E-state index contributed by atoms with van der Waals surface area (Å²) in [5.41, 5.74) is 1.87. The Morgan fingerprint density at radius 1 is 1.08 bits per heavy atom. The smallest absolute Gasteiger partial charge is 0.255 e. The number of aromatic nitrogens is 2. The zero-order chi connectivity index (χ0) is 18.1. The summed E-state index contributed by atoms with van der Waals surface area (Å²) in [7, 11) is -3.47. The fourth-order valence-electron chi connectivity index (χ4n) is 3.07. The van der Waals surface area contributed by atoms with E-state index < -0.39 is 10.0 Å². The number of H-pyrrole nitrogens is 1. The van der Waals surface area contributed by atoms with Gasteiger partial charge in [-0.2, -0.15) is 9.40 Å². The molecule has 1 aliphatic rings. The summed E-state index contributed by atoms with van der Waals surface area (Å²) in [6, 6.07) is 11.5. The fourth-order valence-corrected chi connectivity index (χ4v) is 4.59. The van der Waals surface area contributed by atoms with Gasteiger partial charge in [0.15, 0.2) is 0 Å². The van der Waals surface area contributed by atoms with Gasteiger partial charge in [0.25, 0.3) is 5.91 Å². The lowest BCUT2D eigenvalue weighted by Gasteiger charge is -2.15. The number of rotatable bonds is 4. The maximum atomic E-state index is 12.5. The maximum absolute atomic E-state index is 12.5. The lowest BCUT2D eigenvalue weighted by Crippen LogP contribution is -2.27. The minimum Gasteiger partial charge on any atom is -0.322 e. The first-order valence-electron chi connectivity index (χ1n) is 8.39. The Hall–Kier alpha value is -2.71. The third-order valence-electron chi connectivity index (χ3n) is 4.52. The Labute approximate surface area is 151 Å². The van der Waals surface area contributed by atoms with Gasteiger partial charge in [-0.05, 0) is 55.3 Å². The summed E-state index contributed by atoms with van der Waals surface area (Å²) >= 11 is 0. The van der Waals surface area contributed by atoms with E-state index in [0.29, 0.717) is 24.3 Å². The second-order valence-corrected chi connectivity index (χ2v) is 8.20. The van der Waals surface area contributed by atoms with Gasteiger partial charge in [-0.3, -0.25) is 9.89 Å². The molecule has 1 fully saturated rings. The van der Waals surface area contributed by atoms with Gasteiger partial charge >= 0.3 is 0 Å². The largest absolute Gasteiger partial charge is 0.322 e. The van der Waals surface area contributed by atoms with Crippen molar-refractivity contribution in [1.29, 1.82) is 0 Å². The van der Waals surface area contributed by atoms with Crippen molar-refractivity contribution in [3.05, 3.63) is 54.2 Å². The van der Waals surface area contributed by atoms with Gasteiger partial charge in [-0.15, -0.1) is 0 Å². The van der Waals surface area contributed by atoms with Crippen LogP contribution in [0, 0.1) is 0 Å². The molecule has 2 aromatic carbocycles. The Morgan fingerprint density at radius 3 is 2.54 bits per heavy atom. The number of hydrogen-bond donors (Lipinski definition) is 2. The van der Waals surface area contributed by atoms with Gasteiger partial charge in [0.2, 0.25) is 10.0 Å². The first-order valence-corrected chi connectivity index (χ1v) is 9.83. The molecule has 1 amide bonds. The van der Waals surface area contributed by atoms with Crippen LogP contribution in [0.3, 0.4) is 0 Å². The molecule has 26 heavy (non-hydrogen) atoms. The molecule has 134 valence electrons. The SMILES string of the molecule is O=C(Nc1ccc2cn[nH]c2c1)c1ccc(S(=O)(=O)N2CCCC2)cc1. The average molecular weight is 370 g/mol. The minimum atomic E-state index is -3.47. The topological polar surface area (TPSA) is 95.2 Å². The van der Waals surface area contributed by atoms with E-state index in [1.54, 1.807) is 18.3 Å². The van der Waals surface area contributed by atoms with E-state index >= 15 is 0 Å². The molecular weight excluding hydrogens is 352 g/mol. The van der Waals surface area contributed by atoms with Crippen LogP contribution >= 0.6 is 0 Å². The number of hydrogen-bond acceptors (Lipinski definition) is 4. The van der Waals surface area contributed by atoms with Crippen molar-refractivity contribution in [2.75, 3.05) is 18.4 Å². The van der Waals surface area contributed by atoms with Crippen LogP contribution in [0.25, 0.3) is 10.9 Å². The molecule has 1 aliphatic heterocycles. The predicted molar refractivity (Wildman–Crippen MR) is 98.5 cm³/mol. The zero-order valence-corrected chi connectivity index (χ0v) is 14.8. The van der Waals surface area contributed by atoms with E-state index in [4.69, 9.17) is 0 Å². The van der Waals surface area contributed by atoms with Gasteiger partial charge in [-0.1, -0.05) is 0 Å². The first kappa shape index (κ1) is 16.7. The van der Waals surface area contributed by atoms with Crippen molar-refractivity contribution < 1.29 is 13.2 Å². The standard InChI is InChI=1S/C18H18N4O3S/c23-18(20-15-6-3-14-12-19-21-17(14)11-15)13-4-7-16(8-5-13)26(24,25)22-9-1-2-10-22/h3-8,11-12H,1-2,9-10H2,(H,19,21)(H,20,23). The molecule has 2 N–H and O–H groups in total. The van der Waals surface area contributed by atoms with Gasteiger partial charge < -0.3 is 5.32 Å². The van der Waals surface area contributed by atoms with Crippen LogP contribution in [0.1, 0.15) is 23.2 Å². The molecule has 1 saturated heterocycles. The number of fused-ring (bicyclic) bond motifs is 1. The molecule has 0 unspecified atom stereocenters. The molecule has 0 bridgehead atoms. The monoisotopic (exact) mass is 370 g/mol. The number of carbonyl (C=O) groups is 1. The van der Waals surface area contributed by atoms with E-state index in [2.05, 4.69) is 15.5 Å². The van der Waals surface area contributed by atoms with Gasteiger partial charge in [-0.25, -0.2) is 8.42 Å². The lowest BCUT2D eigenvalue weighted by molar-refractivity contribution is 0.102. The summed E-state index contributed by atoms with van der Waals surface area (Å²) < 4.78 is 26.5. The van der Waals surface area contributed by atoms with Crippen LogP contribution in [0.15, 0.2) is 53.6 Å². The summed E-state index contributed by atoms with van der Waals surface area (Å²) in [6.45, 7) is 1.11. The fraction of sp³-hybridized carbons (Fsp3) is 0.222. The third-order valence-corrected chi connectivity index (χ3v) is 6.43. The number of sulfonamides is 1. The number of aromatic amines is 1. The number of nitrogens with zero attached hydrogens (tertiary/aromatic N) is 2. The predicted octanol–water partition coefficient (Wildman–Crippen LogP) is 2.60. The second kappa shape index (κ2) is 6.54. The molecule has 4 rings (SSSR count). The van der Waals surface area contributed by atoms with Gasteiger partial charge in [0.05, 0.1) is 16.6 Å². The zero-order valence-electron chi connectivity index (χ0n) is 14.0. The Kier molecular flexibility index (Phi) is 4.21. The number of amides is 1. The summed E-state index contributed by atoms with van der Waals surface area (Å²) in [4.78, 5) is 12.6. The van der Waals surface area contributed by atoms with Crippen molar-refractivity contribution in [2.24, 2.45) is 0 Å². The molecule has 0 radical (unpaired) electrons. The Balaban J connectivity index is 1.51. The molecule has 3 aromatic rings. The molecule has 2 heterocycles. The average Bonchev–Trinajstić information content (AvgIpc) is 3.33. The quantitative estimate of drug-likeness (QED) is 0.738. The first-order chi connectivity index (χ1) is 12.5. The van der Waals surface area contributed by atoms with Crippen LogP contribution in [-0.4, -0.2) is 41.9 Å². The molecule has 7 nitrogen and oxygen atoms in total. The number of anilines is 1. The highest BCUT2D eigenvalue weighted by atomic mass is 32.2. The van der Waals surface area contributed by atoms with Crippen LogP contribution < -0.4 is 5.32 Å². The van der Waals surface area contributed by atoms with Crippen LogP contribution in [0.2, 0.25) is 0 Å². The van der Waals surface area contributed by atoms with Crippen LogP contribution in [0.4, 0.5) is 5.69 Å². The Bertz CT molecular complexity index is 1050. The molecular formula is C18H18N4O3S. The van der Waals surface area contributed by atoms with Crippen molar-refractivity contribution in [2.45, 2.75) is 17.7 Å². The van der Waals surface area contributed by atoms with Crippen LogP contribution in [-0.2, 0) is 10.0 Å². The molecule has 0 saturated carbocycles. The normalized spacial score (nSPS) is 15.4. The van der Waals surface area contributed by atoms with Crippen molar-refractivity contribution in [1.82, 2.24) is 14.5 Å². The summed E-state index contributed by atoms with van der Waals surface area (Å²) in [6.07, 6.45) is 3.49. The molecule has 8 heteroatoms. The van der Waals surface area contributed by atoms with E-state index in [1.807, 2.05) is 6.07 Å². The Morgan fingerprint density at radius 2 is 1.81 bits per heavy atom. The molecule has 0 spiro atoms. The maximum Gasteiger partial charge on any atom is 0.255 e. The highest BCUT2D eigenvalue weighted by molar-refractivity contribution is 7.89.